The summed E-state index contributed by atoms with van der Waals surface area (Å²) in [5.74, 6) is 0.347. The Hall–Kier alpha value is -0.180. The van der Waals surface area contributed by atoms with Crippen molar-refractivity contribution in [2.45, 2.75) is 30.9 Å². The van der Waals surface area contributed by atoms with E-state index in [2.05, 4.69) is 0 Å². The van der Waals surface area contributed by atoms with Gasteiger partial charge in [0.1, 0.15) is 4.75 Å². The molecule has 58 valence electrons. The van der Waals surface area contributed by atoms with Crippen LogP contribution in [0.25, 0.3) is 0 Å². The molecule has 0 aromatic carbocycles. The van der Waals surface area contributed by atoms with Gasteiger partial charge in [0.2, 0.25) is 0 Å². The molecule has 0 amide bonds. The van der Waals surface area contributed by atoms with Crippen molar-refractivity contribution in [1.82, 2.24) is 0 Å². The summed E-state index contributed by atoms with van der Waals surface area (Å²) in [6, 6.07) is 0. The van der Waals surface area contributed by atoms with Gasteiger partial charge in [-0.05, 0) is 25.5 Å². The fourth-order valence-electron chi connectivity index (χ4n) is 1.10. The van der Waals surface area contributed by atoms with Crippen LogP contribution in [0.5, 0.6) is 0 Å². The highest BCUT2D eigenvalue weighted by atomic mass is 32.2. The van der Waals surface area contributed by atoms with Gasteiger partial charge in [-0.15, -0.1) is 11.8 Å². The molecule has 10 heavy (non-hydrogen) atoms. The highest BCUT2D eigenvalue weighted by Gasteiger charge is 2.34. The van der Waals surface area contributed by atoms with E-state index in [0.29, 0.717) is 0 Å². The van der Waals surface area contributed by atoms with E-state index < -0.39 is 10.7 Å². The number of thioether (sulfide) groups is 1. The van der Waals surface area contributed by atoms with E-state index in [9.17, 15) is 4.79 Å². The number of hydrogen-bond donors (Lipinski definition) is 1. The van der Waals surface area contributed by atoms with Gasteiger partial charge in [0.05, 0.1) is 0 Å². The van der Waals surface area contributed by atoms with Crippen LogP contribution in [0.15, 0.2) is 0 Å². The van der Waals surface area contributed by atoms with Gasteiger partial charge >= 0.3 is 5.97 Å². The molecule has 1 atom stereocenters. The average Bonchev–Trinajstić information content (AvgIpc) is 1.89. The SMILES string of the molecule is CC1(C(=O)O)CCCCS1. The van der Waals surface area contributed by atoms with Gasteiger partial charge < -0.3 is 5.11 Å². The summed E-state index contributed by atoms with van der Waals surface area (Å²) in [7, 11) is 0. The number of carbonyl (C=O) groups is 1. The Morgan fingerprint density at radius 3 is 2.60 bits per heavy atom. The molecule has 3 heteroatoms. The molecule has 1 aliphatic heterocycles. The predicted molar refractivity (Wildman–Crippen MR) is 42.3 cm³/mol. The maximum absolute atomic E-state index is 10.7. The monoisotopic (exact) mass is 160 g/mol. The molecule has 1 N–H and O–H groups in total. The first-order valence-corrected chi connectivity index (χ1v) is 4.51. The quantitative estimate of drug-likeness (QED) is 0.635. The standard InChI is InChI=1S/C7H12O2S/c1-7(6(8)9)4-2-3-5-10-7/h2-5H2,1H3,(H,8,9). The van der Waals surface area contributed by atoms with Gasteiger partial charge in [-0.1, -0.05) is 6.42 Å². The van der Waals surface area contributed by atoms with Crippen molar-refractivity contribution in [3.8, 4) is 0 Å². The molecule has 1 aliphatic rings. The lowest BCUT2D eigenvalue weighted by Crippen LogP contribution is -2.33. The lowest BCUT2D eigenvalue weighted by Gasteiger charge is -2.27. The second-order valence-electron chi connectivity index (χ2n) is 2.84. The fraction of sp³-hybridized carbons (Fsp3) is 0.857. The number of hydrogen-bond acceptors (Lipinski definition) is 2. The first-order valence-electron chi connectivity index (χ1n) is 3.52. The molecule has 0 bridgehead atoms. The molecule has 0 radical (unpaired) electrons. The zero-order valence-corrected chi connectivity index (χ0v) is 6.91. The lowest BCUT2D eigenvalue weighted by atomic mass is 10.0. The molecule has 2 nitrogen and oxygen atoms in total. The van der Waals surface area contributed by atoms with E-state index in [1.807, 2.05) is 6.92 Å². The molecule has 0 aliphatic carbocycles. The van der Waals surface area contributed by atoms with Crippen molar-refractivity contribution < 1.29 is 9.90 Å². The molecule has 1 saturated heterocycles. The third kappa shape index (κ3) is 1.45. The first-order chi connectivity index (χ1) is 4.65. The van der Waals surface area contributed by atoms with Crippen LogP contribution in [-0.4, -0.2) is 21.6 Å². The van der Waals surface area contributed by atoms with E-state index in [1.54, 1.807) is 11.8 Å². The van der Waals surface area contributed by atoms with Crippen LogP contribution in [0.3, 0.4) is 0 Å². The van der Waals surface area contributed by atoms with Gasteiger partial charge in [0.15, 0.2) is 0 Å². The average molecular weight is 160 g/mol. The number of aliphatic carboxylic acids is 1. The van der Waals surface area contributed by atoms with Crippen molar-refractivity contribution in [2.24, 2.45) is 0 Å². The third-order valence-electron chi connectivity index (χ3n) is 1.92. The van der Waals surface area contributed by atoms with Gasteiger partial charge in [0.25, 0.3) is 0 Å². The van der Waals surface area contributed by atoms with Crippen LogP contribution in [0.2, 0.25) is 0 Å². The molecule has 0 aromatic heterocycles. The minimum atomic E-state index is -0.655. The minimum Gasteiger partial charge on any atom is -0.480 e. The van der Waals surface area contributed by atoms with Crippen LogP contribution in [0, 0.1) is 0 Å². The molecular formula is C7H12O2S. The van der Waals surface area contributed by atoms with Crippen molar-refractivity contribution in [3.63, 3.8) is 0 Å². The Labute approximate surface area is 65.0 Å². The molecule has 1 unspecified atom stereocenters. The highest BCUT2D eigenvalue weighted by Crippen LogP contribution is 2.35. The Balaban J connectivity index is 2.56. The number of rotatable bonds is 1. The predicted octanol–water partition coefficient (Wildman–Crippen LogP) is 1.75. The van der Waals surface area contributed by atoms with E-state index in [0.717, 1.165) is 18.6 Å². The van der Waals surface area contributed by atoms with E-state index in [1.165, 1.54) is 6.42 Å². The third-order valence-corrected chi connectivity index (χ3v) is 3.43. The van der Waals surface area contributed by atoms with Gasteiger partial charge in [-0.3, -0.25) is 4.79 Å². The van der Waals surface area contributed by atoms with Crippen LogP contribution in [-0.2, 0) is 4.79 Å². The largest absolute Gasteiger partial charge is 0.480 e. The molecule has 1 rings (SSSR count). The molecule has 0 spiro atoms. The normalized spacial score (nSPS) is 33.7. The lowest BCUT2D eigenvalue weighted by molar-refractivity contribution is -0.139. The molecular weight excluding hydrogens is 148 g/mol. The zero-order chi connectivity index (χ0) is 7.61. The smallest absolute Gasteiger partial charge is 0.319 e. The Kier molecular flexibility index (Phi) is 2.24. The van der Waals surface area contributed by atoms with Crippen LogP contribution >= 0.6 is 11.8 Å². The Bertz CT molecular complexity index is 139. The zero-order valence-electron chi connectivity index (χ0n) is 6.09. The van der Waals surface area contributed by atoms with Crippen LogP contribution in [0.4, 0.5) is 0 Å². The Morgan fingerprint density at radius 1 is 1.60 bits per heavy atom. The molecule has 0 aromatic rings. The first kappa shape index (κ1) is 7.92. The van der Waals surface area contributed by atoms with E-state index in [4.69, 9.17) is 5.11 Å². The molecule has 1 fully saturated rings. The second kappa shape index (κ2) is 2.82. The van der Waals surface area contributed by atoms with Crippen molar-refractivity contribution in [1.29, 1.82) is 0 Å². The summed E-state index contributed by atoms with van der Waals surface area (Å²) in [5.41, 5.74) is 0. The maximum atomic E-state index is 10.7. The van der Waals surface area contributed by atoms with Gasteiger partial charge in [-0.2, -0.15) is 0 Å². The molecule has 0 saturated carbocycles. The maximum Gasteiger partial charge on any atom is 0.319 e. The summed E-state index contributed by atoms with van der Waals surface area (Å²) in [5, 5.41) is 8.78. The topological polar surface area (TPSA) is 37.3 Å². The van der Waals surface area contributed by atoms with Crippen molar-refractivity contribution >= 4 is 17.7 Å². The molecule has 1 heterocycles. The number of carboxylic acids is 1. The van der Waals surface area contributed by atoms with Crippen molar-refractivity contribution in [3.05, 3.63) is 0 Å². The second-order valence-corrected chi connectivity index (χ2v) is 4.44. The summed E-state index contributed by atoms with van der Waals surface area (Å²) in [4.78, 5) is 10.7. The van der Waals surface area contributed by atoms with E-state index >= 15 is 0 Å². The van der Waals surface area contributed by atoms with Crippen molar-refractivity contribution in [2.75, 3.05) is 5.75 Å². The fourth-order valence-corrected chi connectivity index (χ4v) is 2.31. The van der Waals surface area contributed by atoms with Crippen LogP contribution in [0.1, 0.15) is 26.2 Å². The van der Waals surface area contributed by atoms with Gasteiger partial charge in [-0.25, -0.2) is 0 Å². The van der Waals surface area contributed by atoms with Crippen LogP contribution < -0.4 is 0 Å². The summed E-state index contributed by atoms with van der Waals surface area (Å²) in [6.07, 6.45) is 3.07. The summed E-state index contributed by atoms with van der Waals surface area (Å²) < 4.78 is -0.488. The van der Waals surface area contributed by atoms with E-state index in [-0.39, 0.29) is 0 Å². The number of carboxylic acid groups (broad SMARTS) is 1. The summed E-state index contributed by atoms with van der Waals surface area (Å²) >= 11 is 1.57. The summed E-state index contributed by atoms with van der Waals surface area (Å²) in [6.45, 7) is 1.82. The Morgan fingerprint density at radius 2 is 2.30 bits per heavy atom. The highest BCUT2D eigenvalue weighted by molar-refractivity contribution is 8.01. The van der Waals surface area contributed by atoms with Gasteiger partial charge in [0, 0.05) is 0 Å². The minimum absolute atomic E-state index is 0.488.